The molecule has 15 heteroatoms. The number of benzene rings is 2. The van der Waals surface area contributed by atoms with Crippen molar-refractivity contribution in [3.05, 3.63) is 81.5 Å². The van der Waals surface area contributed by atoms with E-state index < -0.39 is 5.91 Å². The number of fused-ring (bicyclic) bond motifs is 1. The van der Waals surface area contributed by atoms with Crippen LogP contribution in [0.5, 0.6) is 5.75 Å². The quantitative estimate of drug-likeness (QED) is 0.204. The number of ether oxygens (including phenoxy) is 2. The van der Waals surface area contributed by atoms with Crippen LogP contribution in [0.15, 0.2) is 48.7 Å². The number of nitrogens with zero attached hydrogens (tertiary/aromatic N) is 5. The number of hydrogen-bond donors (Lipinski definition) is 3. The highest BCUT2D eigenvalue weighted by atomic mass is 35.5. The largest absolute Gasteiger partial charge is 0.496 e. The van der Waals surface area contributed by atoms with Crippen molar-refractivity contribution in [3.63, 3.8) is 0 Å². The number of carbonyl (C=O) groups excluding carboxylic acids is 3. The molecule has 4 aromatic rings. The Bertz CT molecular complexity index is 2030. The van der Waals surface area contributed by atoms with Crippen molar-refractivity contribution >= 4 is 46.6 Å². The molecular weight excluding hydrogens is 719 g/mol. The Morgan fingerprint density at radius 3 is 2.64 bits per heavy atom. The molecule has 2 saturated heterocycles. The standard InChI is InChI=1S/C38H42Cl2N8O5/c1-46-30-11-13-48(33(50)22-47-14-16-53-17-15-47)21-29(30)44-37(46)38(51)45-28-5-3-4-26(34(28)39)27-10-12-42-36(35(27)40)23-6-7-24(31(18-23)52-2)19-41-20-25-8-9-32(49)43-25/h3-7,10,12,18,25,41H,8-9,11,13-17,19-22H2,1-2H3,(H,43,49)(H,45,51)/t25-/m1/s1. The highest BCUT2D eigenvalue weighted by Gasteiger charge is 2.29. The van der Waals surface area contributed by atoms with Crippen molar-refractivity contribution in [3.8, 4) is 28.1 Å². The van der Waals surface area contributed by atoms with Gasteiger partial charge in [0, 0.05) is 92.8 Å². The maximum atomic E-state index is 13.6. The highest BCUT2D eigenvalue weighted by Crippen LogP contribution is 2.41. The molecule has 0 bridgehead atoms. The van der Waals surface area contributed by atoms with E-state index in [4.69, 9.17) is 32.7 Å². The minimum Gasteiger partial charge on any atom is -0.496 e. The summed E-state index contributed by atoms with van der Waals surface area (Å²) >= 11 is 14.0. The van der Waals surface area contributed by atoms with Crippen LogP contribution in [0.1, 0.15) is 40.4 Å². The van der Waals surface area contributed by atoms with Crippen LogP contribution in [0.25, 0.3) is 22.4 Å². The lowest BCUT2D eigenvalue weighted by atomic mass is 10.0. The zero-order valence-electron chi connectivity index (χ0n) is 29.7. The lowest BCUT2D eigenvalue weighted by Gasteiger charge is -2.31. The van der Waals surface area contributed by atoms with Crippen molar-refractivity contribution in [2.45, 2.75) is 38.4 Å². The first-order chi connectivity index (χ1) is 25.7. The third-order valence-electron chi connectivity index (χ3n) is 10.1. The number of amides is 3. The topological polar surface area (TPSA) is 143 Å². The molecule has 0 aliphatic carbocycles. The predicted octanol–water partition coefficient (Wildman–Crippen LogP) is 4.30. The maximum Gasteiger partial charge on any atom is 0.291 e. The second-order valence-corrected chi connectivity index (χ2v) is 14.2. The normalized spacial score (nSPS) is 17.4. The van der Waals surface area contributed by atoms with E-state index in [9.17, 15) is 14.4 Å². The Kier molecular flexibility index (Phi) is 11.3. The molecule has 0 radical (unpaired) electrons. The number of methoxy groups -OCH3 is 1. The van der Waals surface area contributed by atoms with Gasteiger partial charge >= 0.3 is 0 Å². The molecule has 0 unspecified atom stereocenters. The summed E-state index contributed by atoms with van der Waals surface area (Å²) in [6.07, 6.45) is 3.66. The third-order valence-corrected chi connectivity index (χ3v) is 10.8. The Labute approximate surface area is 318 Å². The summed E-state index contributed by atoms with van der Waals surface area (Å²) in [6.45, 7) is 5.25. The molecule has 0 spiro atoms. The van der Waals surface area contributed by atoms with Crippen molar-refractivity contribution in [1.29, 1.82) is 0 Å². The second kappa shape index (κ2) is 16.2. The molecule has 3 N–H and O–H groups in total. The minimum absolute atomic E-state index is 0.0485. The first-order valence-corrected chi connectivity index (χ1v) is 18.5. The van der Waals surface area contributed by atoms with Crippen LogP contribution in [0, 0.1) is 0 Å². The van der Waals surface area contributed by atoms with Crippen LogP contribution >= 0.6 is 23.2 Å². The van der Waals surface area contributed by atoms with E-state index >= 15 is 0 Å². The minimum atomic E-state index is -0.414. The molecule has 2 fully saturated rings. The number of aromatic nitrogens is 3. The SMILES string of the molecule is COc1cc(-c2nccc(-c3cccc(NC(=O)c4nc5c(n4C)CCN(C(=O)CN4CCOCC4)C5)c3Cl)c2Cl)ccc1CNC[C@H]1CCC(=O)N1. The Morgan fingerprint density at radius 2 is 1.87 bits per heavy atom. The number of anilines is 1. The first kappa shape index (κ1) is 36.8. The van der Waals surface area contributed by atoms with Crippen LogP contribution in [0.4, 0.5) is 5.69 Å². The molecule has 1 atom stereocenters. The zero-order chi connectivity index (χ0) is 37.1. The molecule has 13 nitrogen and oxygen atoms in total. The van der Waals surface area contributed by atoms with Crippen molar-refractivity contribution < 1.29 is 23.9 Å². The maximum absolute atomic E-state index is 13.6. The fourth-order valence-corrected chi connectivity index (χ4v) is 7.71. The lowest BCUT2D eigenvalue weighted by Crippen LogP contribution is -2.46. The van der Waals surface area contributed by atoms with E-state index in [0.29, 0.717) is 97.1 Å². The average molecular weight is 762 g/mol. The number of pyridine rings is 1. The van der Waals surface area contributed by atoms with E-state index in [0.717, 1.165) is 42.0 Å². The van der Waals surface area contributed by atoms with Crippen LogP contribution < -0.4 is 20.7 Å². The third kappa shape index (κ3) is 8.04. The molecule has 5 heterocycles. The summed E-state index contributed by atoms with van der Waals surface area (Å²) in [6, 6.07) is 13.1. The second-order valence-electron chi connectivity index (χ2n) is 13.4. The fourth-order valence-electron chi connectivity index (χ4n) is 7.11. The van der Waals surface area contributed by atoms with E-state index in [1.54, 1.807) is 36.1 Å². The van der Waals surface area contributed by atoms with E-state index in [-0.39, 0.29) is 23.7 Å². The van der Waals surface area contributed by atoms with Crippen LogP contribution in [-0.4, -0.2) is 101 Å². The van der Waals surface area contributed by atoms with Gasteiger partial charge in [0.15, 0.2) is 5.82 Å². The number of morpholine rings is 1. The number of carbonyl (C=O) groups is 3. The van der Waals surface area contributed by atoms with E-state index in [2.05, 4.69) is 30.8 Å². The molecule has 3 amide bonds. The van der Waals surface area contributed by atoms with Gasteiger partial charge in [-0.25, -0.2) is 4.98 Å². The Hall–Kier alpha value is -4.53. The number of hydrogen-bond acceptors (Lipinski definition) is 9. The number of imidazole rings is 1. The number of nitrogens with one attached hydrogen (secondary N) is 3. The van der Waals surface area contributed by atoms with Gasteiger partial charge in [-0.1, -0.05) is 47.5 Å². The fraction of sp³-hybridized carbons (Fsp3) is 0.395. The van der Waals surface area contributed by atoms with Crippen molar-refractivity contribution in [2.24, 2.45) is 7.05 Å². The van der Waals surface area contributed by atoms with E-state index in [1.165, 1.54) is 0 Å². The summed E-state index contributed by atoms with van der Waals surface area (Å²) in [5.74, 6) is 0.644. The van der Waals surface area contributed by atoms with Gasteiger partial charge in [-0.15, -0.1) is 0 Å². The summed E-state index contributed by atoms with van der Waals surface area (Å²) in [5.41, 5.74) is 5.61. The molecule has 3 aliphatic heterocycles. The number of rotatable bonds is 11. The molecule has 278 valence electrons. The molecule has 0 saturated carbocycles. The average Bonchev–Trinajstić information content (AvgIpc) is 3.74. The van der Waals surface area contributed by atoms with Crippen LogP contribution in [-0.2, 0) is 40.9 Å². The summed E-state index contributed by atoms with van der Waals surface area (Å²) in [5, 5.41) is 10.0. The summed E-state index contributed by atoms with van der Waals surface area (Å²) < 4.78 is 12.9. The van der Waals surface area contributed by atoms with Crippen molar-refractivity contribution in [1.82, 2.24) is 35.0 Å². The smallest absolute Gasteiger partial charge is 0.291 e. The monoisotopic (exact) mass is 760 g/mol. The van der Waals surface area contributed by atoms with Gasteiger partial charge in [0.2, 0.25) is 11.8 Å². The summed E-state index contributed by atoms with van der Waals surface area (Å²) in [7, 11) is 3.44. The molecule has 3 aliphatic rings. The molecule has 53 heavy (non-hydrogen) atoms. The van der Waals surface area contributed by atoms with Gasteiger partial charge < -0.3 is 34.9 Å². The molecular formula is C38H42Cl2N8O5. The highest BCUT2D eigenvalue weighted by molar-refractivity contribution is 6.39. The van der Waals surface area contributed by atoms with Gasteiger partial charge in [-0.2, -0.15) is 0 Å². The predicted molar refractivity (Wildman–Crippen MR) is 202 cm³/mol. The molecule has 7 rings (SSSR count). The summed E-state index contributed by atoms with van der Waals surface area (Å²) in [4.78, 5) is 51.4. The van der Waals surface area contributed by atoms with Gasteiger partial charge in [0.25, 0.3) is 5.91 Å². The van der Waals surface area contributed by atoms with Gasteiger partial charge in [-0.05, 0) is 24.6 Å². The zero-order valence-corrected chi connectivity index (χ0v) is 31.2. The Morgan fingerprint density at radius 1 is 1.06 bits per heavy atom. The lowest BCUT2D eigenvalue weighted by molar-refractivity contribution is -0.134. The van der Waals surface area contributed by atoms with Crippen LogP contribution in [0.2, 0.25) is 10.0 Å². The Balaban J connectivity index is 1.05. The molecule has 2 aromatic carbocycles. The van der Waals surface area contributed by atoms with Crippen LogP contribution in [0.3, 0.4) is 0 Å². The van der Waals surface area contributed by atoms with E-state index in [1.807, 2.05) is 36.2 Å². The van der Waals surface area contributed by atoms with Gasteiger partial charge in [-0.3, -0.25) is 24.3 Å². The van der Waals surface area contributed by atoms with Gasteiger partial charge in [0.1, 0.15) is 5.75 Å². The molecule has 2 aromatic heterocycles. The number of halogens is 2. The first-order valence-electron chi connectivity index (χ1n) is 17.7. The van der Waals surface area contributed by atoms with Gasteiger partial charge in [0.05, 0.1) is 60.5 Å². The van der Waals surface area contributed by atoms with Crippen molar-refractivity contribution in [2.75, 3.05) is 58.4 Å².